The highest BCUT2D eigenvalue weighted by atomic mass is 16.7. The molecule has 12 unspecified atom stereocenters. The maximum absolute atomic E-state index is 13.1. The summed E-state index contributed by atoms with van der Waals surface area (Å²) in [4.78, 5) is 13.1. The number of nitrogens with one attached hydrogen (secondary N) is 1. The molecule has 59 heavy (non-hydrogen) atoms. The van der Waals surface area contributed by atoms with E-state index >= 15 is 0 Å². The van der Waals surface area contributed by atoms with Crippen LogP contribution in [-0.2, 0) is 23.7 Å². The summed E-state index contributed by atoms with van der Waals surface area (Å²) in [5, 5.41) is 86.6. The van der Waals surface area contributed by atoms with E-state index in [1.807, 2.05) is 0 Å². The quantitative estimate of drug-likeness (QED) is 0.0308. The van der Waals surface area contributed by atoms with Gasteiger partial charge in [0.1, 0.15) is 48.8 Å². The SMILES string of the molecule is CCCCC/C=C\CCCCCCCC(=O)NC(COC1OC(CO)C(OC2OC(CO)C(O)C(O)C2O)C(O)C1O)C(O)CCCCCCCCCCCCCCC. The van der Waals surface area contributed by atoms with E-state index in [0.29, 0.717) is 19.3 Å². The Hall–Kier alpha value is -1.27. The Balaban J connectivity index is 1.88. The van der Waals surface area contributed by atoms with Crippen molar-refractivity contribution in [2.45, 2.75) is 248 Å². The molecule has 0 radical (unpaired) electrons. The Morgan fingerprint density at radius 3 is 1.64 bits per heavy atom. The fraction of sp³-hybridized carbons (Fsp3) is 0.933. The number of carbonyl (C=O) groups excluding carboxylic acids is 1. The average Bonchev–Trinajstić information content (AvgIpc) is 3.23. The van der Waals surface area contributed by atoms with Crippen LogP contribution in [0.1, 0.15) is 174 Å². The Labute approximate surface area is 355 Å². The lowest BCUT2D eigenvalue weighted by atomic mass is 9.97. The van der Waals surface area contributed by atoms with Crippen LogP contribution in [-0.4, -0.2) is 140 Å². The molecule has 0 aliphatic carbocycles. The number of allylic oxidation sites excluding steroid dienone is 2. The molecule has 0 aromatic heterocycles. The van der Waals surface area contributed by atoms with Crippen molar-refractivity contribution in [3.8, 4) is 0 Å². The highest BCUT2D eigenvalue weighted by Gasteiger charge is 2.51. The first-order valence-electron chi connectivity index (χ1n) is 23.4. The molecular formula is C45H85NO13. The van der Waals surface area contributed by atoms with E-state index in [4.69, 9.17) is 18.9 Å². The van der Waals surface area contributed by atoms with Crippen LogP contribution in [0.25, 0.3) is 0 Å². The molecular weight excluding hydrogens is 762 g/mol. The maximum atomic E-state index is 13.1. The zero-order chi connectivity index (χ0) is 43.3. The topological polar surface area (TPSA) is 228 Å². The van der Waals surface area contributed by atoms with Crippen LogP contribution < -0.4 is 5.32 Å². The van der Waals surface area contributed by atoms with Crippen LogP contribution in [0.3, 0.4) is 0 Å². The predicted octanol–water partition coefficient (Wildman–Crippen LogP) is 4.82. The summed E-state index contributed by atoms with van der Waals surface area (Å²) in [6.45, 7) is 2.79. The molecule has 2 aliphatic heterocycles. The van der Waals surface area contributed by atoms with Gasteiger partial charge in [0.05, 0.1) is 32.0 Å². The number of ether oxygens (including phenoxy) is 4. The average molecular weight is 848 g/mol. The van der Waals surface area contributed by atoms with E-state index in [-0.39, 0.29) is 12.5 Å². The first kappa shape index (κ1) is 53.9. The molecule has 2 rings (SSSR count). The molecule has 14 nitrogen and oxygen atoms in total. The van der Waals surface area contributed by atoms with Crippen LogP contribution in [0.4, 0.5) is 0 Å². The molecule has 0 aromatic carbocycles. The minimum absolute atomic E-state index is 0.218. The third-order valence-corrected chi connectivity index (χ3v) is 11.7. The lowest BCUT2D eigenvalue weighted by molar-refractivity contribution is -0.359. The molecule has 0 aromatic rings. The zero-order valence-electron chi connectivity index (χ0n) is 36.5. The van der Waals surface area contributed by atoms with Crippen molar-refractivity contribution < 1.29 is 64.6 Å². The van der Waals surface area contributed by atoms with Crippen molar-refractivity contribution in [2.75, 3.05) is 19.8 Å². The molecule has 2 aliphatic rings. The first-order chi connectivity index (χ1) is 28.6. The van der Waals surface area contributed by atoms with E-state index in [2.05, 4.69) is 31.3 Å². The number of aliphatic hydroxyl groups is 8. The molecule has 9 N–H and O–H groups in total. The fourth-order valence-corrected chi connectivity index (χ4v) is 7.82. The Morgan fingerprint density at radius 1 is 0.593 bits per heavy atom. The van der Waals surface area contributed by atoms with Crippen molar-refractivity contribution in [3.63, 3.8) is 0 Å². The number of hydrogen-bond acceptors (Lipinski definition) is 13. The van der Waals surface area contributed by atoms with Crippen LogP contribution >= 0.6 is 0 Å². The molecule has 0 spiro atoms. The second kappa shape index (κ2) is 33.3. The second-order valence-corrected chi connectivity index (χ2v) is 16.9. The summed E-state index contributed by atoms with van der Waals surface area (Å²) in [6, 6.07) is -0.826. The normalized spacial score (nSPS) is 28.6. The highest BCUT2D eigenvalue weighted by Crippen LogP contribution is 2.30. The van der Waals surface area contributed by atoms with E-state index in [9.17, 15) is 45.6 Å². The molecule has 2 fully saturated rings. The Morgan fingerprint density at radius 2 is 1.07 bits per heavy atom. The third-order valence-electron chi connectivity index (χ3n) is 11.7. The number of aliphatic hydroxyl groups excluding tert-OH is 8. The van der Waals surface area contributed by atoms with Gasteiger partial charge in [-0.05, 0) is 38.5 Å². The highest BCUT2D eigenvalue weighted by molar-refractivity contribution is 5.76. The summed E-state index contributed by atoms with van der Waals surface area (Å²) in [7, 11) is 0. The number of unbranched alkanes of at least 4 members (excludes halogenated alkanes) is 20. The third kappa shape index (κ3) is 21.6. The summed E-state index contributed by atoms with van der Waals surface area (Å²) >= 11 is 0. The van der Waals surface area contributed by atoms with Crippen molar-refractivity contribution in [1.82, 2.24) is 5.32 Å². The molecule has 14 heteroatoms. The number of amides is 1. The number of rotatable bonds is 35. The van der Waals surface area contributed by atoms with Gasteiger partial charge in [-0.15, -0.1) is 0 Å². The second-order valence-electron chi connectivity index (χ2n) is 16.9. The molecule has 2 saturated heterocycles. The molecule has 1 amide bonds. The summed E-state index contributed by atoms with van der Waals surface area (Å²) in [5.41, 5.74) is 0. The number of carbonyl (C=O) groups is 1. The smallest absolute Gasteiger partial charge is 0.220 e. The van der Waals surface area contributed by atoms with E-state index in [1.54, 1.807) is 0 Å². The predicted molar refractivity (Wildman–Crippen MR) is 226 cm³/mol. The van der Waals surface area contributed by atoms with Crippen molar-refractivity contribution in [2.24, 2.45) is 0 Å². The fourth-order valence-electron chi connectivity index (χ4n) is 7.82. The number of hydrogen-bond donors (Lipinski definition) is 9. The minimum Gasteiger partial charge on any atom is -0.394 e. The zero-order valence-corrected chi connectivity index (χ0v) is 36.5. The monoisotopic (exact) mass is 848 g/mol. The standard InChI is InChI=1S/C45H85NO13/c1-3-5-7-9-11-13-15-17-18-20-22-24-26-28-34(49)33(46-37(50)29-27-25-23-21-19-16-14-12-10-8-6-4-2)32-56-44-42(55)40(53)43(36(31-48)58-44)59-45-41(54)39(52)38(51)35(30-47)57-45/h12,14,33-36,38-45,47-49,51-55H,3-11,13,15-32H2,1-2H3,(H,46,50)/b14-12-. The van der Waals surface area contributed by atoms with Gasteiger partial charge in [-0.25, -0.2) is 0 Å². The van der Waals surface area contributed by atoms with Crippen molar-refractivity contribution in [3.05, 3.63) is 12.2 Å². The van der Waals surface area contributed by atoms with Crippen LogP contribution in [0.5, 0.6) is 0 Å². The summed E-state index contributed by atoms with van der Waals surface area (Å²) < 4.78 is 22.7. The van der Waals surface area contributed by atoms with E-state index in [1.165, 1.54) is 77.0 Å². The first-order valence-corrected chi connectivity index (χ1v) is 23.4. The Kier molecular flexibility index (Phi) is 30.4. The van der Waals surface area contributed by atoms with Gasteiger partial charge in [0.15, 0.2) is 12.6 Å². The van der Waals surface area contributed by atoms with Gasteiger partial charge in [-0.1, -0.05) is 142 Å². The minimum atomic E-state index is -1.78. The van der Waals surface area contributed by atoms with Gasteiger partial charge in [-0.2, -0.15) is 0 Å². The Bertz CT molecular complexity index is 1050. The lowest BCUT2D eigenvalue weighted by Crippen LogP contribution is -2.65. The van der Waals surface area contributed by atoms with Crippen molar-refractivity contribution in [1.29, 1.82) is 0 Å². The van der Waals surface area contributed by atoms with Gasteiger partial charge in [0, 0.05) is 6.42 Å². The van der Waals surface area contributed by atoms with Gasteiger partial charge >= 0.3 is 0 Å². The largest absolute Gasteiger partial charge is 0.394 e. The van der Waals surface area contributed by atoms with Crippen molar-refractivity contribution >= 4 is 5.91 Å². The van der Waals surface area contributed by atoms with Crippen LogP contribution in [0, 0.1) is 0 Å². The van der Waals surface area contributed by atoms with Gasteiger partial charge < -0.3 is 65.1 Å². The van der Waals surface area contributed by atoms with Gasteiger partial charge in [0.25, 0.3) is 0 Å². The molecule has 0 saturated carbocycles. The van der Waals surface area contributed by atoms with Crippen LogP contribution in [0.2, 0.25) is 0 Å². The lowest BCUT2D eigenvalue weighted by Gasteiger charge is -2.46. The molecule has 0 bridgehead atoms. The molecule has 348 valence electrons. The van der Waals surface area contributed by atoms with Gasteiger partial charge in [0.2, 0.25) is 5.91 Å². The van der Waals surface area contributed by atoms with Gasteiger partial charge in [-0.3, -0.25) is 4.79 Å². The summed E-state index contributed by atoms with van der Waals surface area (Å²) in [6.07, 6.45) is 15.0. The molecule has 12 atom stereocenters. The molecule has 2 heterocycles. The maximum Gasteiger partial charge on any atom is 0.220 e. The van der Waals surface area contributed by atoms with E-state index in [0.717, 1.165) is 64.2 Å². The summed E-state index contributed by atoms with van der Waals surface area (Å²) in [5.74, 6) is -0.218. The van der Waals surface area contributed by atoms with E-state index < -0.39 is 86.8 Å². The van der Waals surface area contributed by atoms with Crippen LogP contribution in [0.15, 0.2) is 12.2 Å².